The highest BCUT2D eigenvalue weighted by atomic mass is 16.5. The molecule has 1 aromatic rings. The van der Waals surface area contributed by atoms with Crippen molar-refractivity contribution in [1.82, 2.24) is 0 Å². The number of Topliss-reactive ketones (excluding diaryl/α,β-unsaturated/α-hetero) is 5. The maximum atomic E-state index is 13.9. The number of aromatic hydroxyl groups is 1. The summed E-state index contributed by atoms with van der Waals surface area (Å²) in [5.41, 5.74) is 2.76. The smallest absolute Gasteiger partial charge is 0.235 e. The topological polar surface area (TPSA) is 178 Å². The van der Waals surface area contributed by atoms with Crippen LogP contribution in [0.4, 0.5) is 0 Å². The van der Waals surface area contributed by atoms with Gasteiger partial charge in [0, 0.05) is 37.7 Å². The molecule has 37 heavy (non-hydrogen) atoms. The van der Waals surface area contributed by atoms with Crippen LogP contribution in [-0.2, 0) is 28.7 Å². The fraction of sp³-hybridized carbons (Fsp3) is 0.556. The molecule has 0 spiro atoms. The summed E-state index contributed by atoms with van der Waals surface area (Å²) in [5.74, 6) is -13.3. The van der Waals surface area contributed by atoms with Crippen molar-refractivity contribution in [2.45, 2.75) is 51.0 Å². The number of benzene rings is 1. The van der Waals surface area contributed by atoms with Crippen LogP contribution >= 0.6 is 0 Å². The molecule has 4 N–H and O–H groups in total. The Balaban J connectivity index is 1.95. The van der Waals surface area contributed by atoms with Crippen molar-refractivity contribution in [3.05, 3.63) is 29.3 Å². The van der Waals surface area contributed by atoms with Gasteiger partial charge in [-0.25, -0.2) is 0 Å². The second-order valence-electron chi connectivity index (χ2n) is 10.2. The Bertz CT molecular complexity index is 1190. The Morgan fingerprint density at radius 1 is 1.14 bits per heavy atom. The maximum Gasteiger partial charge on any atom is 0.235 e. The average Bonchev–Trinajstić information content (AvgIpc) is 2.84. The molecule has 1 aromatic carbocycles. The van der Waals surface area contributed by atoms with E-state index in [9.17, 15) is 39.0 Å². The SMILES string of the molecule is CCCOC[C@H]1c2cccc(O)c2C(=O)C2C(=O)[C@]3(O)C(=O)C(C(N)=O)C(=O)C[C@@H]3[C@@H](CC(=O)CC)[C@@H]21. The quantitative estimate of drug-likeness (QED) is 0.336. The first-order valence-electron chi connectivity index (χ1n) is 12.6. The van der Waals surface area contributed by atoms with E-state index in [4.69, 9.17) is 10.5 Å². The molecule has 10 nitrogen and oxygen atoms in total. The molecule has 0 heterocycles. The Morgan fingerprint density at radius 2 is 1.84 bits per heavy atom. The minimum absolute atomic E-state index is 0.0553. The van der Waals surface area contributed by atoms with Gasteiger partial charge in [0.05, 0.1) is 18.1 Å². The van der Waals surface area contributed by atoms with E-state index in [0.717, 1.165) is 0 Å². The lowest BCUT2D eigenvalue weighted by Gasteiger charge is -2.55. The second kappa shape index (κ2) is 9.90. The van der Waals surface area contributed by atoms with E-state index in [2.05, 4.69) is 0 Å². The fourth-order valence-corrected chi connectivity index (χ4v) is 6.58. The molecule has 4 rings (SSSR count). The summed E-state index contributed by atoms with van der Waals surface area (Å²) in [5, 5.41) is 22.3. The lowest BCUT2D eigenvalue weighted by atomic mass is 9.47. The van der Waals surface area contributed by atoms with Crippen molar-refractivity contribution >= 4 is 34.8 Å². The van der Waals surface area contributed by atoms with Crippen LogP contribution in [0.15, 0.2) is 18.2 Å². The third kappa shape index (κ3) is 4.02. The molecule has 3 aliphatic rings. The van der Waals surface area contributed by atoms with Gasteiger partial charge in [-0.2, -0.15) is 0 Å². The number of phenols is 1. The van der Waals surface area contributed by atoms with Gasteiger partial charge in [-0.05, 0) is 29.9 Å². The molecule has 0 bridgehead atoms. The molecule has 3 aliphatic carbocycles. The number of carbonyl (C=O) groups is 6. The van der Waals surface area contributed by atoms with Gasteiger partial charge in [-0.15, -0.1) is 0 Å². The minimum atomic E-state index is -2.85. The number of nitrogens with two attached hydrogens (primary N) is 1. The van der Waals surface area contributed by atoms with Crippen molar-refractivity contribution in [2.75, 3.05) is 13.2 Å². The fourth-order valence-electron chi connectivity index (χ4n) is 6.58. The number of fused-ring (bicyclic) bond motifs is 3. The summed E-state index contributed by atoms with van der Waals surface area (Å²) in [6.07, 6.45) is 0.117. The summed E-state index contributed by atoms with van der Waals surface area (Å²) in [7, 11) is 0. The number of hydrogen-bond donors (Lipinski definition) is 3. The number of hydrogen-bond acceptors (Lipinski definition) is 9. The van der Waals surface area contributed by atoms with E-state index in [1.807, 2.05) is 6.92 Å². The molecule has 2 unspecified atom stereocenters. The second-order valence-corrected chi connectivity index (χ2v) is 10.2. The van der Waals surface area contributed by atoms with Crippen molar-refractivity contribution in [3.8, 4) is 5.75 Å². The van der Waals surface area contributed by atoms with Crippen LogP contribution in [0, 0.1) is 29.6 Å². The molecule has 0 radical (unpaired) electrons. The molecule has 2 saturated carbocycles. The van der Waals surface area contributed by atoms with Crippen LogP contribution in [0.2, 0.25) is 0 Å². The highest BCUT2D eigenvalue weighted by Gasteiger charge is 2.70. The van der Waals surface area contributed by atoms with Crippen molar-refractivity contribution < 1.29 is 43.7 Å². The van der Waals surface area contributed by atoms with E-state index in [1.165, 1.54) is 6.07 Å². The van der Waals surface area contributed by atoms with Gasteiger partial charge in [-0.1, -0.05) is 26.0 Å². The third-order valence-electron chi connectivity index (χ3n) is 8.23. The Morgan fingerprint density at radius 3 is 2.46 bits per heavy atom. The van der Waals surface area contributed by atoms with Gasteiger partial charge in [0.2, 0.25) is 5.91 Å². The summed E-state index contributed by atoms with van der Waals surface area (Å²) < 4.78 is 5.82. The molecule has 2 fully saturated rings. The van der Waals surface area contributed by atoms with Gasteiger partial charge < -0.3 is 20.7 Å². The normalized spacial score (nSPS) is 32.9. The van der Waals surface area contributed by atoms with Crippen LogP contribution < -0.4 is 5.73 Å². The largest absolute Gasteiger partial charge is 0.507 e. The van der Waals surface area contributed by atoms with E-state index in [0.29, 0.717) is 18.6 Å². The summed E-state index contributed by atoms with van der Waals surface area (Å²) >= 11 is 0. The molecular formula is C27H31NO9. The maximum absolute atomic E-state index is 13.9. The molecule has 0 aromatic heterocycles. The van der Waals surface area contributed by atoms with E-state index >= 15 is 0 Å². The lowest BCUT2D eigenvalue weighted by molar-refractivity contribution is -0.183. The monoisotopic (exact) mass is 513 g/mol. The zero-order chi connectivity index (χ0) is 27.2. The number of rotatable bonds is 8. The number of primary amides is 1. The third-order valence-corrected chi connectivity index (χ3v) is 8.23. The molecule has 7 atom stereocenters. The van der Waals surface area contributed by atoms with Gasteiger partial charge >= 0.3 is 0 Å². The molecule has 0 saturated heterocycles. The number of phenolic OH excluding ortho intramolecular Hbond substituents is 1. The van der Waals surface area contributed by atoms with Crippen molar-refractivity contribution in [2.24, 2.45) is 35.3 Å². The highest BCUT2D eigenvalue weighted by molar-refractivity contribution is 6.31. The summed E-state index contributed by atoms with van der Waals surface area (Å²) in [6.45, 7) is 3.99. The van der Waals surface area contributed by atoms with Crippen LogP contribution in [0.3, 0.4) is 0 Å². The number of amides is 1. The Hall–Kier alpha value is -3.24. The number of ketones is 5. The van der Waals surface area contributed by atoms with E-state index in [1.54, 1.807) is 19.1 Å². The lowest BCUT2D eigenvalue weighted by Crippen LogP contribution is -2.71. The van der Waals surface area contributed by atoms with Crippen LogP contribution in [0.25, 0.3) is 0 Å². The first kappa shape index (κ1) is 26.8. The van der Waals surface area contributed by atoms with Crippen LogP contribution in [0.1, 0.15) is 61.4 Å². The van der Waals surface area contributed by atoms with Gasteiger partial charge in [-0.3, -0.25) is 28.8 Å². The molecular weight excluding hydrogens is 482 g/mol. The standard InChI is InChI=1S/C27H31NO9/c1-3-8-37-11-15-13-6-5-7-17(30)20(13)23(32)22-19(15)14(9-12(29)4-2)16-10-18(31)21(26(28)35)24(33)27(16,36)25(22)34/h5-7,14-16,19,21-22,30,36H,3-4,8-11H2,1-2H3,(H2,28,35)/t14-,15+,16-,19-,21?,22?,27-/m1/s1. The highest BCUT2D eigenvalue weighted by Crippen LogP contribution is 2.57. The molecule has 1 amide bonds. The van der Waals surface area contributed by atoms with E-state index in [-0.39, 0.29) is 36.5 Å². The Kier molecular flexibility index (Phi) is 7.18. The van der Waals surface area contributed by atoms with Crippen LogP contribution in [-0.4, -0.2) is 63.9 Å². The first-order valence-corrected chi connectivity index (χ1v) is 12.6. The van der Waals surface area contributed by atoms with Gasteiger partial charge in [0.1, 0.15) is 11.5 Å². The van der Waals surface area contributed by atoms with Crippen molar-refractivity contribution in [1.29, 1.82) is 0 Å². The summed E-state index contributed by atoms with van der Waals surface area (Å²) in [6, 6.07) is 4.51. The minimum Gasteiger partial charge on any atom is -0.507 e. The van der Waals surface area contributed by atoms with Gasteiger partial charge in [0.15, 0.2) is 34.7 Å². The van der Waals surface area contributed by atoms with Gasteiger partial charge in [0.25, 0.3) is 0 Å². The summed E-state index contributed by atoms with van der Waals surface area (Å²) in [4.78, 5) is 78.6. The number of ether oxygens (including phenoxy) is 1. The first-order chi connectivity index (χ1) is 17.5. The predicted octanol–water partition coefficient (Wildman–Crippen LogP) is 0.890. The number of aliphatic hydroxyl groups is 1. The zero-order valence-electron chi connectivity index (χ0n) is 20.8. The van der Waals surface area contributed by atoms with E-state index < -0.39 is 76.6 Å². The predicted molar refractivity (Wildman–Crippen MR) is 127 cm³/mol. The zero-order valence-corrected chi connectivity index (χ0v) is 20.8. The van der Waals surface area contributed by atoms with Crippen molar-refractivity contribution in [3.63, 3.8) is 0 Å². The Labute approximate surface area is 213 Å². The van der Waals surface area contributed by atoms with Crippen LogP contribution in [0.5, 0.6) is 5.75 Å². The molecule has 0 aliphatic heterocycles. The number of carbonyl (C=O) groups excluding carboxylic acids is 6. The molecule has 198 valence electrons. The average molecular weight is 514 g/mol. The molecule has 10 heteroatoms.